The van der Waals surface area contributed by atoms with Crippen LogP contribution in [-0.2, 0) is 10.0 Å². The fourth-order valence-corrected chi connectivity index (χ4v) is 4.06. The molecule has 0 radical (unpaired) electrons. The molecule has 0 aliphatic heterocycles. The van der Waals surface area contributed by atoms with Crippen molar-refractivity contribution in [3.63, 3.8) is 0 Å². The van der Waals surface area contributed by atoms with Crippen LogP contribution in [0.2, 0.25) is 0 Å². The third kappa shape index (κ3) is 3.29. The second kappa shape index (κ2) is 5.93. The van der Waals surface area contributed by atoms with Crippen LogP contribution in [0.5, 0.6) is 0 Å². The molecule has 0 aliphatic carbocycles. The number of para-hydroxylation sites is 1. The Labute approximate surface area is 131 Å². The summed E-state index contributed by atoms with van der Waals surface area (Å²) >= 11 is 4.18. The van der Waals surface area contributed by atoms with E-state index in [4.69, 9.17) is 5.84 Å². The van der Waals surface area contributed by atoms with Gasteiger partial charge in [0.05, 0.1) is 14.9 Å². The summed E-state index contributed by atoms with van der Waals surface area (Å²) in [5.74, 6) is 5.17. The number of anilines is 2. The molecule has 1 aromatic carbocycles. The third-order valence-corrected chi connectivity index (χ3v) is 5.22. The number of sulfonamides is 1. The quantitative estimate of drug-likeness (QED) is 0.400. The number of nitrogens with zero attached hydrogens (tertiary/aromatic N) is 2. The molecule has 0 saturated carbocycles. The monoisotopic (exact) mass is 393 g/mol. The Morgan fingerprint density at radius 2 is 2.14 bits per heavy atom. The van der Waals surface area contributed by atoms with Gasteiger partial charge in [-0.3, -0.25) is 20.7 Å². The SMILES string of the molecule is NNc1cccc(S(=O)(=O)Nc2ncc(Br)s2)c1[N+](=O)[O-]. The van der Waals surface area contributed by atoms with Gasteiger partial charge in [0.25, 0.3) is 10.0 Å². The van der Waals surface area contributed by atoms with Gasteiger partial charge in [0, 0.05) is 0 Å². The summed E-state index contributed by atoms with van der Waals surface area (Å²) in [7, 11) is -4.17. The van der Waals surface area contributed by atoms with Crippen molar-refractivity contribution in [2.75, 3.05) is 10.1 Å². The minimum atomic E-state index is -4.17. The summed E-state index contributed by atoms with van der Waals surface area (Å²) in [6.45, 7) is 0. The highest BCUT2D eigenvalue weighted by Crippen LogP contribution is 2.33. The van der Waals surface area contributed by atoms with Crippen LogP contribution < -0.4 is 16.0 Å². The van der Waals surface area contributed by atoms with E-state index in [0.29, 0.717) is 3.79 Å². The maximum Gasteiger partial charge on any atom is 0.314 e. The molecule has 21 heavy (non-hydrogen) atoms. The molecule has 9 nitrogen and oxygen atoms in total. The average molecular weight is 394 g/mol. The van der Waals surface area contributed by atoms with Crippen LogP contribution in [0.4, 0.5) is 16.5 Å². The van der Waals surface area contributed by atoms with Gasteiger partial charge in [0.15, 0.2) is 10.0 Å². The Bertz CT molecular complexity index is 791. The number of nitrogen functional groups attached to an aromatic ring is 1. The van der Waals surface area contributed by atoms with Crippen LogP contribution in [0.15, 0.2) is 33.1 Å². The molecule has 12 heteroatoms. The fraction of sp³-hybridized carbons (Fsp3) is 0. The van der Waals surface area contributed by atoms with Gasteiger partial charge < -0.3 is 5.43 Å². The fourth-order valence-electron chi connectivity index (χ4n) is 1.52. The molecule has 0 fully saturated rings. The molecule has 2 rings (SSSR count). The van der Waals surface area contributed by atoms with Gasteiger partial charge in [-0.25, -0.2) is 13.4 Å². The van der Waals surface area contributed by atoms with Crippen molar-refractivity contribution < 1.29 is 13.3 Å². The van der Waals surface area contributed by atoms with Gasteiger partial charge in [-0.2, -0.15) is 0 Å². The second-order valence-corrected chi connectivity index (χ2v) is 7.69. The van der Waals surface area contributed by atoms with Crippen LogP contribution in [0.3, 0.4) is 0 Å². The number of nitro benzene ring substituents is 1. The average Bonchev–Trinajstić information content (AvgIpc) is 2.82. The van der Waals surface area contributed by atoms with Crippen molar-refractivity contribution in [3.05, 3.63) is 38.3 Å². The van der Waals surface area contributed by atoms with Gasteiger partial charge in [-0.15, -0.1) is 0 Å². The molecule has 112 valence electrons. The lowest BCUT2D eigenvalue weighted by molar-refractivity contribution is -0.386. The van der Waals surface area contributed by atoms with Crippen molar-refractivity contribution in [1.29, 1.82) is 0 Å². The Balaban J connectivity index is 2.52. The lowest BCUT2D eigenvalue weighted by Crippen LogP contribution is -2.17. The number of thiazole rings is 1. The summed E-state index contributed by atoms with van der Waals surface area (Å²) < 4.78 is 27.3. The Kier molecular flexibility index (Phi) is 4.41. The lowest BCUT2D eigenvalue weighted by Gasteiger charge is -2.08. The van der Waals surface area contributed by atoms with Crippen molar-refractivity contribution in [3.8, 4) is 0 Å². The van der Waals surface area contributed by atoms with Gasteiger partial charge in [-0.1, -0.05) is 17.4 Å². The highest BCUT2D eigenvalue weighted by atomic mass is 79.9. The van der Waals surface area contributed by atoms with E-state index in [-0.39, 0.29) is 10.8 Å². The van der Waals surface area contributed by atoms with E-state index in [1.807, 2.05) is 0 Å². The maximum absolute atomic E-state index is 12.3. The summed E-state index contributed by atoms with van der Waals surface area (Å²) in [5, 5.41) is 11.2. The van der Waals surface area contributed by atoms with E-state index in [1.54, 1.807) is 0 Å². The molecular formula is C9H8BrN5O4S2. The first-order valence-electron chi connectivity index (χ1n) is 5.23. The van der Waals surface area contributed by atoms with Crippen LogP contribution in [-0.4, -0.2) is 18.3 Å². The molecule has 0 unspecified atom stereocenters. The molecule has 0 atom stereocenters. The first-order chi connectivity index (χ1) is 9.85. The van der Waals surface area contributed by atoms with Gasteiger partial charge in [0.2, 0.25) is 0 Å². The highest BCUT2D eigenvalue weighted by Gasteiger charge is 2.29. The molecule has 0 aliphatic rings. The Morgan fingerprint density at radius 1 is 1.43 bits per heavy atom. The molecule has 4 N–H and O–H groups in total. The van der Waals surface area contributed by atoms with E-state index in [2.05, 4.69) is 31.1 Å². The molecule has 0 amide bonds. The highest BCUT2D eigenvalue weighted by molar-refractivity contribution is 9.11. The minimum absolute atomic E-state index is 0.0854. The van der Waals surface area contributed by atoms with Crippen molar-refractivity contribution in [2.45, 2.75) is 4.90 Å². The topological polar surface area (TPSA) is 140 Å². The van der Waals surface area contributed by atoms with E-state index < -0.39 is 25.5 Å². The first kappa shape index (κ1) is 15.6. The first-order valence-corrected chi connectivity index (χ1v) is 8.32. The number of hydrogen-bond acceptors (Lipinski definition) is 8. The molecule has 0 spiro atoms. The van der Waals surface area contributed by atoms with E-state index in [9.17, 15) is 18.5 Å². The van der Waals surface area contributed by atoms with Crippen molar-refractivity contribution in [1.82, 2.24) is 4.98 Å². The number of rotatable bonds is 5. The summed E-state index contributed by atoms with van der Waals surface area (Å²) in [5.41, 5.74) is 1.36. The standard InChI is InChI=1S/C9H8BrN5O4S2/c10-7-4-12-9(20-7)14-21(18,19)6-3-1-2-5(13-11)8(6)15(16)17/h1-4,13H,11H2,(H,12,14). The minimum Gasteiger partial charge on any atom is -0.318 e. The molecule has 0 saturated heterocycles. The molecule has 2 aromatic rings. The predicted octanol–water partition coefficient (Wildman–Crippen LogP) is 1.90. The number of nitrogens with two attached hydrogens (primary N) is 1. The molecule has 1 heterocycles. The number of benzene rings is 1. The Morgan fingerprint density at radius 3 is 2.67 bits per heavy atom. The molecule has 0 bridgehead atoms. The third-order valence-electron chi connectivity index (χ3n) is 2.33. The van der Waals surface area contributed by atoms with E-state index in [1.165, 1.54) is 18.3 Å². The number of nitrogens with one attached hydrogen (secondary N) is 2. The zero-order chi connectivity index (χ0) is 15.6. The maximum atomic E-state index is 12.3. The summed E-state index contributed by atoms with van der Waals surface area (Å²) in [6, 6.07) is 3.76. The zero-order valence-electron chi connectivity index (χ0n) is 10.1. The van der Waals surface area contributed by atoms with Crippen molar-refractivity contribution in [2.24, 2.45) is 5.84 Å². The molecular weight excluding hydrogens is 386 g/mol. The van der Waals surface area contributed by atoms with Crippen LogP contribution in [0.25, 0.3) is 0 Å². The number of hydrazine groups is 1. The van der Waals surface area contributed by atoms with Crippen LogP contribution >= 0.6 is 27.3 Å². The number of nitro groups is 1. The smallest absolute Gasteiger partial charge is 0.314 e. The van der Waals surface area contributed by atoms with Gasteiger partial charge >= 0.3 is 5.69 Å². The van der Waals surface area contributed by atoms with Crippen LogP contribution in [0.1, 0.15) is 0 Å². The van der Waals surface area contributed by atoms with Gasteiger partial charge in [-0.05, 0) is 28.1 Å². The molecule has 1 aromatic heterocycles. The zero-order valence-corrected chi connectivity index (χ0v) is 13.3. The van der Waals surface area contributed by atoms with Gasteiger partial charge in [0.1, 0.15) is 5.69 Å². The van der Waals surface area contributed by atoms with Crippen molar-refractivity contribution >= 4 is 53.8 Å². The normalized spacial score (nSPS) is 11.1. The van der Waals surface area contributed by atoms with E-state index in [0.717, 1.165) is 17.4 Å². The van der Waals surface area contributed by atoms with Crippen LogP contribution in [0, 0.1) is 10.1 Å². The second-order valence-electron chi connectivity index (χ2n) is 3.63. The number of halogens is 1. The predicted molar refractivity (Wildman–Crippen MR) is 81.5 cm³/mol. The largest absolute Gasteiger partial charge is 0.318 e. The Hall–Kier alpha value is -1.76. The number of hydrogen-bond donors (Lipinski definition) is 3. The van der Waals surface area contributed by atoms with E-state index >= 15 is 0 Å². The lowest BCUT2D eigenvalue weighted by atomic mass is 10.3. The summed E-state index contributed by atoms with van der Waals surface area (Å²) in [4.78, 5) is 13.6. The number of aromatic nitrogens is 1. The summed E-state index contributed by atoms with van der Waals surface area (Å²) in [6.07, 6.45) is 1.41.